The van der Waals surface area contributed by atoms with Crippen molar-refractivity contribution in [3.05, 3.63) is 68.7 Å². The highest BCUT2D eigenvalue weighted by Gasteiger charge is 2.09. The Morgan fingerprint density at radius 2 is 1.70 bits per heavy atom. The van der Waals surface area contributed by atoms with Gasteiger partial charge in [0.25, 0.3) is 0 Å². The summed E-state index contributed by atoms with van der Waals surface area (Å²) in [6.07, 6.45) is 1.66. The Morgan fingerprint density at radius 1 is 0.950 bits per heavy atom. The maximum absolute atomic E-state index is 6.27. The molecule has 2 aromatic carbocycles. The average molecular weight is 308 g/mol. The van der Waals surface area contributed by atoms with Crippen molar-refractivity contribution in [3.8, 4) is 0 Å². The first-order chi connectivity index (χ1) is 9.45. The lowest BCUT2D eigenvalue weighted by Crippen LogP contribution is -2.25. The molecule has 0 saturated heterocycles. The Balaban J connectivity index is 2.06. The van der Waals surface area contributed by atoms with Gasteiger partial charge in [-0.15, -0.1) is 0 Å². The summed E-state index contributed by atoms with van der Waals surface area (Å²) in [5.74, 6) is 0. The minimum atomic E-state index is 0.0766. The van der Waals surface area contributed by atoms with Crippen molar-refractivity contribution >= 4 is 23.2 Å². The Hall–Kier alpha value is -1.02. The van der Waals surface area contributed by atoms with Gasteiger partial charge in [-0.1, -0.05) is 53.0 Å². The second-order valence-corrected chi connectivity index (χ2v) is 6.16. The first-order valence-electron chi connectivity index (χ1n) is 6.71. The summed E-state index contributed by atoms with van der Waals surface area (Å²) in [4.78, 5) is 0. The van der Waals surface area contributed by atoms with Crippen molar-refractivity contribution < 1.29 is 0 Å². The van der Waals surface area contributed by atoms with Gasteiger partial charge in [-0.05, 0) is 55.5 Å². The van der Waals surface area contributed by atoms with Crippen molar-refractivity contribution in [1.29, 1.82) is 0 Å². The molecular formula is C17H19Cl2N. The Morgan fingerprint density at radius 3 is 2.40 bits per heavy atom. The molecule has 0 aromatic heterocycles. The Bertz CT molecular complexity index is 608. The van der Waals surface area contributed by atoms with E-state index in [0.717, 1.165) is 18.4 Å². The highest BCUT2D eigenvalue weighted by molar-refractivity contribution is 6.42. The molecule has 1 unspecified atom stereocenters. The van der Waals surface area contributed by atoms with Crippen LogP contribution in [0.1, 0.15) is 22.3 Å². The van der Waals surface area contributed by atoms with Crippen LogP contribution in [0.5, 0.6) is 0 Å². The zero-order valence-electron chi connectivity index (χ0n) is 11.8. The van der Waals surface area contributed by atoms with E-state index < -0.39 is 0 Å². The van der Waals surface area contributed by atoms with E-state index in [9.17, 15) is 0 Å². The van der Waals surface area contributed by atoms with Crippen LogP contribution in [0, 0.1) is 13.8 Å². The first kappa shape index (κ1) is 15.4. The van der Waals surface area contributed by atoms with E-state index >= 15 is 0 Å². The molecule has 0 saturated carbocycles. The topological polar surface area (TPSA) is 26.0 Å². The molecule has 0 fully saturated rings. The number of aryl methyl sites for hydroxylation is 2. The minimum Gasteiger partial charge on any atom is -0.327 e. The summed E-state index contributed by atoms with van der Waals surface area (Å²) >= 11 is 12.0. The zero-order valence-corrected chi connectivity index (χ0v) is 13.3. The van der Waals surface area contributed by atoms with Crippen LogP contribution in [0.15, 0.2) is 36.4 Å². The third-order valence-corrected chi connectivity index (χ3v) is 4.21. The largest absolute Gasteiger partial charge is 0.327 e. The molecular weight excluding hydrogens is 289 g/mol. The van der Waals surface area contributed by atoms with Crippen LogP contribution in [-0.4, -0.2) is 6.04 Å². The molecule has 0 aliphatic heterocycles. The van der Waals surface area contributed by atoms with E-state index in [1.807, 2.05) is 18.2 Å². The standard InChI is InChI=1S/C17H19Cl2N/c1-11-3-4-12(2)14(7-11)10-15(20)8-13-5-6-16(18)17(19)9-13/h3-7,9,15H,8,10,20H2,1-2H3. The number of hydrogen-bond acceptors (Lipinski definition) is 1. The monoisotopic (exact) mass is 307 g/mol. The van der Waals surface area contributed by atoms with Crippen molar-refractivity contribution in [2.24, 2.45) is 5.73 Å². The lowest BCUT2D eigenvalue weighted by Gasteiger charge is -2.14. The molecule has 0 aliphatic rings. The van der Waals surface area contributed by atoms with Crippen LogP contribution in [0.2, 0.25) is 10.0 Å². The van der Waals surface area contributed by atoms with Gasteiger partial charge in [0.15, 0.2) is 0 Å². The van der Waals surface area contributed by atoms with Gasteiger partial charge in [-0.2, -0.15) is 0 Å². The molecule has 0 bridgehead atoms. The molecule has 3 heteroatoms. The smallest absolute Gasteiger partial charge is 0.0595 e. The maximum atomic E-state index is 6.27. The third kappa shape index (κ3) is 3.99. The van der Waals surface area contributed by atoms with E-state index in [4.69, 9.17) is 28.9 Å². The van der Waals surface area contributed by atoms with Crippen LogP contribution >= 0.6 is 23.2 Å². The zero-order chi connectivity index (χ0) is 14.7. The lowest BCUT2D eigenvalue weighted by molar-refractivity contribution is 0.662. The van der Waals surface area contributed by atoms with Gasteiger partial charge in [0.1, 0.15) is 0 Å². The minimum absolute atomic E-state index is 0.0766. The van der Waals surface area contributed by atoms with Crippen LogP contribution in [0.3, 0.4) is 0 Å². The molecule has 2 aromatic rings. The van der Waals surface area contributed by atoms with Crippen molar-refractivity contribution in [1.82, 2.24) is 0 Å². The summed E-state index contributed by atoms with van der Waals surface area (Å²) in [7, 11) is 0. The lowest BCUT2D eigenvalue weighted by atomic mass is 9.96. The molecule has 0 heterocycles. The van der Waals surface area contributed by atoms with Gasteiger partial charge in [-0.25, -0.2) is 0 Å². The fourth-order valence-electron chi connectivity index (χ4n) is 2.34. The number of halogens is 2. The van der Waals surface area contributed by atoms with Crippen LogP contribution in [-0.2, 0) is 12.8 Å². The van der Waals surface area contributed by atoms with Gasteiger partial charge < -0.3 is 5.73 Å². The summed E-state index contributed by atoms with van der Waals surface area (Å²) in [5.41, 5.74) is 11.3. The summed E-state index contributed by atoms with van der Waals surface area (Å²) in [6, 6.07) is 12.3. The number of hydrogen-bond donors (Lipinski definition) is 1. The van der Waals surface area contributed by atoms with Gasteiger partial charge in [0.05, 0.1) is 10.0 Å². The summed E-state index contributed by atoms with van der Waals surface area (Å²) in [5, 5.41) is 1.17. The third-order valence-electron chi connectivity index (χ3n) is 3.47. The second kappa shape index (κ2) is 6.62. The normalized spacial score (nSPS) is 12.4. The molecule has 1 nitrogen and oxygen atoms in total. The van der Waals surface area contributed by atoms with Gasteiger partial charge in [0.2, 0.25) is 0 Å². The van der Waals surface area contributed by atoms with Gasteiger partial charge in [-0.3, -0.25) is 0 Å². The highest BCUT2D eigenvalue weighted by Crippen LogP contribution is 2.23. The van der Waals surface area contributed by atoms with Gasteiger partial charge >= 0.3 is 0 Å². The molecule has 0 radical (unpaired) electrons. The molecule has 0 spiro atoms. The highest BCUT2D eigenvalue weighted by atomic mass is 35.5. The molecule has 106 valence electrons. The quantitative estimate of drug-likeness (QED) is 0.868. The van der Waals surface area contributed by atoms with Crippen molar-refractivity contribution in [2.75, 3.05) is 0 Å². The number of benzene rings is 2. The fraction of sp³-hybridized carbons (Fsp3) is 0.294. The predicted molar refractivity (Wildman–Crippen MR) is 87.8 cm³/mol. The summed E-state index contributed by atoms with van der Waals surface area (Å²) in [6.45, 7) is 4.23. The van der Waals surface area contributed by atoms with Crippen molar-refractivity contribution in [3.63, 3.8) is 0 Å². The SMILES string of the molecule is Cc1ccc(C)c(CC(N)Cc2ccc(Cl)c(Cl)c2)c1. The molecule has 2 rings (SSSR count). The Labute approximate surface area is 130 Å². The number of rotatable bonds is 4. The fourth-order valence-corrected chi connectivity index (χ4v) is 2.66. The van der Waals surface area contributed by atoms with E-state index in [0.29, 0.717) is 10.0 Å². The van der Waals surface area contributed by atoms with Crippen LogP contribution < -0.4 is 5.73 Å². The van der Waals surface area contributed by atoms with Crippen LogP contribution in [0.4, 0.5) is 0 Å². The van der Waals surface area contributed by atoms with E-state index in [1.54, 1.807) is 0 Å². The van der Waals surface area contributed by atoms with Gasteiger partial charge in [0, 0.05) is 6.04 Å². The number of nitrogens with two attached hydrogens (primary N) is 1. The first-order valence-corrected chi connectivity index (χ1v) is 7.47. The predicted octanol–water partition coefficient (Wildman–Crippen LogP) is 4.72. The molecule has 2 N–H and O–H groups in total. The maximum Gasteiger partial charge on any atom is 0.0595 e. The second-order valence-electron chi connectivity index (χ2n) is 5.35. The molecule has 1 atom stereocenters. The molecule has 0 amide bonds. The molecule has 0 aliphatic carbocycles. The van der Waals surface area contributed by atoms with E-state index in [2.05, 4.69) is 32.0 Å². The Kier molecular flexibility index (Phi) is 5.09. The molecule has 20 heavy (non-hydrogen) atoms. The summed E-state index contributed by atoms with van der Waals surface area (Å²) < 4.78 is 0. The average Bonchev–Trinajstić information content (AvgIpc) is 2.38. The van der Waals surface area contributed by atoms with Crippen molar-refractivity contribution in [2.45, 2.75) is 32.7 Å². The van der Waals surface area contributed by atoms with E-state index in [-0.39, 0.29) is 6.04 Å². The van der Waals surface area contributed by atoms with Crippen LogP contribution in [0.25, 0.3) is 0 Å². The van der Waals surface area contributed by atoms with E-state index in [1.165, 1.54) is 16.7 Å².